The molecule has 1 aromatic rings. The molecule has 1 aliphatic heterocycles. The molecule has 1 heterocycles. The lowest BCUT2D eigenvalue weighted by Gasteiger charge is -2.10. The molecule has 0 N–H and O–H groups in total. The molecule has 94 valence electrons. The van der Waals surface area contributed by atoms with Crippen molar-refractivity contribution in [3.05, 3.63) is 35.4 Å². The molecule has 1 aromatic carbocycles. The zero-order valence-corrected chi connectivity index (χ0v) is 9.79. The highest BCUT2D eigenvalue weighted by molar-refractivity contribution is 5.26. The lowest BCUT2D eigenvalue weighted by Crippen LogP contribution is -2.19. The maximum absolute atomic E-state index is 12.5. The van der Waals surface area contributed by atoms with Crippen LogP contribution in [0.4, 0.5) is 8.78 Å². The fourth-order valence-corrected chi connectivity index (χ4v) is 1.58. The minimum Gasteiger partial charge on any atom is -0.375 e. The fraction of sp³-hybridized carbons (Fsp3) is 0.538. The Bertz CT molecular complexity index is 353. The lowest BCUT2D eigenvalue weighted by molar-refractivity contribution is -0.0616. The minimum absolute atomic E-state index is 0.263. The molecule has 4 heteroatoms. The molecule has 2 rings (SSSR count). The van der Waals surface area contributed by atoms with E-state index < -0.39 is 12.5 Å². The van der Waals surface area contributed by atoms with E-state index in [1.165, 1.54) is 5.56 Å². The molecule has 1 saturated heterocycles. The Hall–Kier alpha value is -1.00. The van der Waals surface area contributed by atoms with E-state index in [1.807, 2.05) is 24.3 Å². The highest BCUT2D eigenvalue weighted by atomic mass is 19.3. The van der Waals surface area contributed by atoms with Gasteiger partial charge < -0.3 is 9.47 Å². The van der Waals surface area contributed by atoms with Gasteiger partial charge in [0.2, 0.25) is 0 Å². The molecular formula is C13H16F2O2. The van der Waals surface area contributed by atoms with Crippen LogP contribution in [0.3, 0.4) is 0 Å². The van der Waals surface area contributed by atoms with E-state index in [0.717, 1.165) is 19.1 Å². The van der Waals surface area contributed by atoms with Crippen molar-refractivity contribution in [2.45, 2.75) is 25.4 Å². The first-order chi connectivity index (χ1) is 8.04. The lowest BCUT2D eigenvalue weighted by atomic mass is 10.1. The summed E-state index contributed by atoms with van der Waals surface area (Å²) in [6, 6.07) is 8.01. The molecule has 0 bridgehead atoms. The third-order valence-corrected chi connectivity index (χ3v) is 2.58. The summed E-state index contributed by atoms with van der Waals surface area (Å²) < 4.78 is 35.0. The number of hydrogen-bond donors (Lipinski definition) is 0. The number of ether oxygens (including phenoxy) is 2. The third kappa shape index (κ3) is 4.40. The molecule has 1 atom stereocenters. The zero-order valence-electron chi connectivity index (χ0n) is 9.79. The van der Waals surface area contributed by atoms with Gasteiger partial charge in [0.1, 0.15) is 12.7 Å². The molecule has 1 aliphatic rings. The molecule has 2 nitrogen and oxygen atoms in total. The Labute approximate surface area is 99.5 Å². The van der Waals surface area contributed by atoms with Gasteiger partial charge in [-0.2, -0.15) is 0 Å². The van der Waals surface area contributed by atoms with Gasteiger partial charge in [-0.25, -0.2) is 8.78 Å². The quantitative estimate of drug-likeness (QED) is 0.565. The summed E-state index contributed by atoms with van der Waals surface area (Å²) in [6.07, 6.45) is 0.918. The molecule has 0 aliphatic carbocycles. The van der Waals surface area contributed by atoms with Gasteiger partial charge in [-0.15, -0.1) is 0 Å². The van der Waals surface area contributed by atoms with Gasteiger partial charge in [0.15, 0.2) is 0 Å². The number of halogens is 2. The highest BCUT2D eigenvalue weighted by Gasteiger charge is 2.24. The zero-order chi connectivity index (χ0) is 12.3. The summed E-state index contributed by atoms with van der Waals surface area (Å²) in [4.78, 5) is 0. The molecule has 1 unspecified atom stereocenters. The summed E-state index contributed by atoms with van der Waals surface area (Å²) >= 11 is 0. The largest absolute Gasteiger partial charge is 0.375 e. The third-order valence-electron chi connectivity index (χ3n) is 2.58. The summed E-state index contributed by atoms with van der Waals surface area (Å²) in [5.74, 6) is -2.74. The van der Waals surface area contributed by atoms with E-state index in [9.17, 15) is 8.78 Å². The van der Waals surface area contributed by atoms with Crippen molar-refractivity contribution in [2.75, 3.05) is 19.8 Å². The number of hydrogen-bond acceptors (Lipinski definition) is 2. The highest BCUT2D eigenvalue weighted by Crippen LogP contribution is 2.29. The van der Waals surface area contributed by atoms with Crippen LogP contribution in [0.2, 0.25) is 0 Å². The van der Waals surface area contributed by atoms with Crippen LogP contribution in [-0.2, 0) is 15.9 Å². The molecular weight excluding hydrogens is 226 g/mol. The monoisotopic (exact) mass is 242 g/mol. The van der Waals surface area contributed by atoms with Crippen molar-refractivity contribution in [1.82, 2.24) is 0 Å². The van der Waals surface area contributed by atoms with E-state index in [0.29, 0.717) is 13.0 Å². The van der Waals surface area contributed by atoms with Crippen molar-refractivity contribution < 1.29 is 18.3 Å². The van der Waals surface area contributed by atoms with Crippen LogP contribution < -0.4 is 0 Å². The predicted octanol–water partition coefficient (Wildman–Crippen LogP) is 2.97. The average molecular weight is 242 g/mol. The minimum atomic E-state index is -2.74. The Morgan fingerprint density at radius 3 is 2.53 bits per heavy atom. The molecule has 0 aromatic heterocycles. The molecule has 1 fully saturated rings. The maximum Gasteiger partial charge on any atom is 0.268 e. The van der Waals surface area contributed by atoms with Gasteiger partial charge >= 0.3 is 0 Å². The van der Waals surface area contributed by atoms with E-state index in [1.54, 1.807) is 0 Å². The number of rotatable bonds is 6. The topological polar surface area (TPSA) is 21.8 Å². The van der Waals surface area contributed by atoms with Crippen LogP contribution in [0.15, 0.2) is 24.3 Å². The van der Waals surface area contributed by atoms with Crippen molar-refractivity contribution >= 4 is 0 Å². The van der Waals surface area contributed by atoms with Gasteiger partial charge in [0, 0.05) is 6.92 Å². The second-order valence-corrected chi connectivity index (χ2v) is 4.44. The van der Waals surface area contributed by atoms with Crippen LogP contribution >= 0.6 is 0 Å². The first-order valence-electron chi connectivity index (χ1n) is 5.71. The van der Waals surface area contributed by atoms with Gasteiger partial charge in [0.25, 0.3) is 5.92 Å². The van der Waals surface area contributed by atoms with Gasteiger partial charge in [-0.05, 0) is 17.5 Å². The standard InChI is InChI=1S/C13H16F2O2/c1-13(14,15)9-16-7-6-10-2-4-11(5-3-10)12-8-17-12/h2-5,12H,6-9H2,1H3. The van der Waals surface area contributed by atoms with Crippen LogP contribution in [0.5, 0.6) is 0 Å². The fourth-order valence-electron chi connectivity index (χ4n) is 1.58. The van der Waals surface area contributed by atoms with Crippen LogP contribution in [0.1, 0.15) is 24.2 Å². The molecule has 0 spiro atoms. The van der Waals surface area contributed by atoms with E-state index in [-0.39, 0.29) is 6.10 Å². The summed E-state index contributed by atoms with van der Waals surface area (Å²) in [5.41, 5.74) is 2.27. The van der Waals surface area contributed by atoms with E-state index in [4.69, 9.17) is 9.47 Å². The molecule has 0 amide bonds. The molecule has 0 saturated carbocycles. The van der Waals surface area contributed by atoms with E-state index >= 15 is 0 Å². The second-order valence-electron chi connectivity index (χ2n) is 4.44. The number of benzene rings is 1. The average Bonchev–Trinajstić information content (AvgIpc) is 3.08. The number of alkyl halides is 2. The van der Waals surface area contributed by atoms with Crippen molar-refractivity contribution in [1.29, 1.82) is 0 Å². The Kier molecular flexibility index (Phi) is 3.74. The van der Waals surface area contributed by atoms with Crippen LogP contribution in [-0.4, -0.2) is 25.7 Å². The van der Waals surface area contributed by atoms with Crippen molar-refractivity contribution in [3.8, 4) is 0 Å². The predicted molar refractivity (Wildman–Crippen MR) is 60.3 cm³/mol. The van der Waals surface area contributed by atoms with Gasteiger partial charge in [-0.1, -0.05) is 24.3 Å². The van der Waals surface area contributed by atoms with E-state index in [2.05, 4.69) is 0 Å². The van der Waals surface area contributed by atoms with Crippen molar-refractivity contribution in [2.24, 2.45) is 0 Å². The smallest absolute Gasteiger partial charge is 0.268 e. The molecule has 17 heavy (non-hydrogen) atoms. The van der Waals surface area contributed by atoms with Gasteiger partial charge in [0.05, 0.1) is 13.2 Å². The summed E-state index contributed by atoms with van der Waals surface area (Å²) in [7, 11) is 0. The normalized spacial score (nSPS) is 19.4. The Morgan fingerprint density at radius 2 is 2.00 bits per heavy atom. The van der Waals surface area contributed by atoms with Gasteiger partial charge in [-0.3, -0.25) is 0 Å². The SMILES string of the molecule is CC(F)(F)COCCc1ccc(C2CO2)cc1. The van der Waals surface area contributed by atoms with Crippen molar-refractivity contribution in [3.63, 3.8) is 0 Å². The number of epoxide rings is 1. The van der Waals surface area contributed by atoms with Crippen LogP contribution in [0.25, 0.3) is 0 Å². The second kappa shape index (κ2) is 5.10. The summed E-state index contributed by atoms with van der Waals surface area (Å²) in [6.45, 7) is 1.47. The first kappa shape index (κ1) is 12.5. The summed E-state index contributed by atoms with van der Waals surface area (Å²) in [5, 5.41) is 0. The van der Waals surface area contributed by atoms with Crippen LogP contribution in [0, 0.1) is 0 Å². The molecule has 0 radical (unpaired) electrons. The maximum atomic E-state index is 12.5. The first-order valence-corrected chi connectivity index (χ1v) is 5.71. The Balaban J connectivity index is 1.71. The Morgan fingerprint density at radius 1 is 1.35 bits per heavy atom.